The number of esters is 1. The fraction of sp³-hybridized carbons (Fsp3) is 0.394. The summed E-state index contributed by atoms with van der Waals surface area (Å²) < 4.78 is 38.2. The third kappa shape index (κ3) is 5.42. The molecule has 0 fully saturated rings. The van der Waals surface area contributed by atoms with Crippen molar-refractivity contribution in [3.05, 3.63) is 76.1 Å². The maximum atomic E-state index is 15.3. The van der Waals surface area contributed by atoms with Gasteiger partial charge in [0.25, 0.3) is 0 Å². The number of hydrogen-bond donors (Lipinski definition) is 0. The van der Waals surface area contributed by atoms with Gasteiger partial charge in [0.1, 0.15) is 35.5 Å². The van der Waals surface area contributed by atoms with E-state index in [1.165, 1.54) is 13.2 Å². The molecule has 0 saturated heterocycles. The minimum absolute atomic E-state index is 0.0523. The monoisotopic (exact) mass is 546 g/mol. The Morgan fingerprint density at radius 3 is 2.55 bits per heavy atom. The molecule has 0 radical (unpaired) electrons. The van der Waals surface area contributed by atoms with E-state index in [-0.39, 0.29) is 24.1 Å². The van der Waals surface area contributed by atoms with Crippen molar-refractivity contribution in [2.24, 2.45) is 5.41 Å². The molecule has 3 aromatic carbocycles. The smallest absolute Gasteiger partial charge is 0.306 e. The Hall–Kier alpha value is -3.87. The minimum Gasteiger partial charge on any atom is -0.493 e. The van der Waals surface area contributed by atoms with E-state index in [4.69, 9.17) is 18.9 Å². The minimum atomic E-state index is -0.566. The second-order valence-electron chi connectivity index (χ2n) is 11.4. The van der Waals surface area contributed by atoms with Crippen molar-refractivity contribution in [1.29, 1.82) is 0 Å². The van der Waals surface area contributed by atoms with Crippen LogP contribution in [0.15, 0.2) is 42.5 Å². The molecule has 40 heavy (non-hydrogen) atoms. The largest absolute Gasteiger partial charge is 0.493 e. The molecule has 0 bridgehead atoms. The zero-order chi connectivity index (χ0) is 28.6. The summed E-state index contributed by atoms with van der Waals surface area (Å²) in [5.74, 6) is 1.40. The highest BCUT2D eigenvalue weighted by Crippen LogP contribution is 2.45. The number of aryl methyl sites for hydroxylation is 2. The Labute approximate surface area is 234 Å². The lowest BCUT2D eigenvalue weighted by Gasteiger charge is -2.21. The van der Waals surface area contributed by atoms with Crippen LogP contribution in [0.3, 0.4) is 0 Å². The summed E-state index contributed by atoms with van der Waals surface area (Å²) in [5.41, 5.74) is 6.04. The molecule has 0 saturated carbocycles. The van der Waals surface area contributed by atoms with Gasteiger partial charge in [0.2, 0.25) is 0 Å². The number of hydrogen-bond acceptors (Lipinski definition) is 6. The number of carbonyl (C=O) groups is 2. The third-order valence-corrected chi connectivity index (χ3v) is 7.77. The molecule has 0 aromatic heterocycles. The first-order valence-corrected chi connectivity index (χ1v) is 13.6. The fourth-order valence-corrected chi connectivity index (χ4v) is 5.71. The molecular weight excluding hydrogens is 511 g/mol. The van der Waals surface area contributed by atoms with Crippen LogP contribution >= 0.6 is 0 Å². The number of benzene rings is 3. The molecule has 0 spiro atoms. The molecular formula is C33H35FO6. The van der Waals surface area contributed by atoms with E-state index < -0.39 is 11.5 Å². The van der Waals surface area contributed by atoms with Gasteiger partial charge in [-0.15, -0.1) is 0 Å². The van der Waals surface area contributed by atoms with Gasteiger partial charge in [0.05, 0.1) is 32.2 Å². The van der Waals surface area contributed by atoms with Crippen LogP contribution in [0.25, 0.3) is 11.1 Å². The fourth-order valence-electron chi connectivity index (χ4n) is 5.71. The average molecular weight is 547 g/mol. The summed E-state index contributed by atoms with van der Waals surface area (Å²) in [6.45, 7) is 8.43. The van der Waals surface area contributed by atoms with E-state index in [1.54, 1.807) is 0 Å². The van der Waals surface area contributed by atoms with Crippen LogP contribution in [0.1, 0.15) is 66.5 Å². The molecule has 0 amide bonds. The molecule has 0 unspecified atom stereocenters. The number of ether oxygens (including phenoxy) is 4. The van der Waals surface area contributed by atoms with Gasteiger partial charge in [-0.25, -0.2) is 4.39 Å². The molecule has 2 atom stereocenters. The van der Waals surface area contributed by atoms with Crippen LogP contribution < -0.4 is 14.2 Å². The second-order valence-corrected chi connectivity index (χ2v) is 11.4. The third-order valence-electron chi connectivity index (χ3n) is 7.77. The average Bonchev–Trinajstić information content (AvgIpc) is 3.53. The summed E-state index contributed by atoms with van der Waals surface area (Å²) in [4.78, 5) is 23.0. The van der Waals surface area contributed by atoms with Gasteiger partial charge < -0.3 is 23.7 Å². The number of aldehydes is 1. The van der Waals surface area contributed by atoms with Crippen LogP contribution in [0, 0.1) is 25.1 Å². The van der Waals surface area contributed by atoms with Crippen molar-refractivity contribution in [3.8, 4) is 28.4 Å². The number of halogens is 1. The van der Waals surface area contributed by atoms with E-state index >= 15 is 4.39 Å². The highest BCUT2D eigenvalue weighted by atomic mass is 19.1. The topological polar surface area (TPSA) is 71.1 Å². The molecule has 7 heteroatoms. The van der Waals surface area contributed by atoms with Gasteiger partial charge >= 0.3 is 5.97 Å². The molecule has 5 rings (SSSR count). The predicted molar refractivity (Wildman–Crippen MR) is 150 cm³/mol. The van der Waals surface area contributed by atoms with Crippen molar-refractivity contribution < 1.29 is 32.9 Å². The highest BCUT2D eigenvalue weighted by molar-refractivity contribution is 5.76. The SMILES string of the molecule is COC(=O)C[C@@H]1COc2cc(O[C@@H]3CCc4c(-c5c(C)cc(OCC(C)(C)C=O)cc5C)ccc(F)c43)ccc21. The van der Waals surface area contributed by atoms with E-state index in [0.29, 0.717) is 48.9 Å². The quantitative estimate of drug-likeness (QED) is 0.217. The van der Waals surface area contributed by atoms with Crippen molar-refractivity contribution in [3.63, 3.8) is 0 Å². The Morgan fingerprint density at radius 1 is 1.10 bits per heavy atom. The lowest BCUT2D eigenvalue weighted by Crippen LogP contribution is -2.22. The summed E-state index contributed by atoms with van der Waals surface area (Å²) in [6, 6.07) is 12.9. The van der Waals surface area contributed by atoms with E-state index in [0.717, 1.165) is 39.7 Å². The molecule has 2 aliphatic rings. The Bertz CT molecular complexity index is 1440. The van der Waals surface area contributed by atoms with Crippen LogP contribution in [0.2, 0.25) is 0 Å². The summed E-state index contributed by atoms with van der Waals surface area (Å²) in [6.07, 6.45) is 2.09. The predicted octanol–water partition coefficient (Wildman–Crippen LogP) is 6.82. The van der Waals surface area contributed by atoms with Crippen molar-refractivity contribution in [2.45, 2.75) is 59.0 Å². The maximum absolute atomic E-state index is 15.3. The van der Waals surface area contributed by atoms with Gasteiger partial charge in [0.15, 0.2) is 0 Å². The molecule has 6 nitrogen and oxygen atoms in total. The zero-order valence-electron chi connectivity index (χ0n) is 23.6. The maximum Gasteiger partial charge on any atom is 0.306 e. The summed E-state index contributed by atoms with van der Waals surface area (Å²) in [7, 11) is 1.38. The first-order chi connectivity index (χ1) is 19.1. The highest BCUT2D eigenvalue weighted by Gasteiger charge is 2.32. The molecule has 1 aliphatic carbocycles. The second kappa shape index (κ2) is 11.0. The van der Waals surface area contributed by atoms with Crippen molar-refractivity contribution in [2.75, 3.05) is 20.3 Å². The first kappa shape index (κ1) is 27.7. The Morgan fingerprint density at radius 2 is 1.85 bits per heavy atom. The Balaban J connectivity index is 1.39. The van der Waals surface area contributed by atoms with Gasteiger partial charge in [-0.2, -0.15) is 0 Å². The van der Waals surface area contributed by atoms with Gasteiger partial charge in [-0.3, -0.25) is 4.79 Å². The lowest BCUT2D eigenvalue weighted by molar-refractivity contribution is -0.141. The van der Waals surface area contributed by atoms with Gasteiger partial charge in [-0.1, -0.05) is 12.1 Å². The number of rotatable bonds is 9. The number of carbonyl (C=O) groups excluding carboxylic acids is 2. The molecule has 3 aromatic rings. The normalized spacial score (nSPS) is 17.6. The molecule has 1 heterocycles. The standard InChI is InChI=1S/C33H35FO6/c1-19-12-23(39-18-33(3,4)17-35)13-20(2)31(19)25-8-10-27(34)32-26(25)9-11-28(32)40-22-6-7-24-21(14-30(36)37-5)16-38-29(24)15-22/h6-8,10,12-13,15,17,21,28H,9,11,14,16,18H2,1-5H3/t21-,28-/m1/s1. The number of methoxy groups -OCH3 is 1. The summed E-state index contributed by atoms with van der Waals surface area (Å²) >= 11 is 0. The zero-order valence-corrected chi connectivity index (χ0v) is 23.6. The van der Waals surface area contributed by atoms with Gasteiger partial charge in [-0.05, 0) is 92.6 Å². The van der Waals surface area contributed by atoms with Crippen LogP contribution in [0.4, 0.5) is 4.39 Å². The first-order valence-electron chi connectivity index (χ1n) is 13.6. The molecule has 210 valence electrons. The van der Waals surface area contributed by atoms with Gasteiger partial charge in [0, 0.05) is 23.1 Å². The van der Waals surface area contributed by atoms with E-state index in [9.17, 15) is 9.59 Å². The molecule has 1 aliphatic heterocycles. The number of fused-ring (bicyclic) bond motifs is 2. The van der Waals surface area contributed by atoms with Crippen molar-refractivity contribution in [1.82, 2.24) is 0 Å². The van der Waals surface area contributed by atoms with E-state index in [2.05, 4.69) is 0 Å². The van der Waals surface area contributed by atoms with E-state index in [1.807, 2.05) is 64.1 Å². The Kier molecular flexibility index (Phi) is 7.58. The summed E-state index contributed by atoms with van der Waals surface area (Å²) in [5, 5.41) is 0. The van der Waals surface area contributed by atoms with Crippen LogP contribution in [-0.2, 0) is 20.7 Å². The lowest BCUT2D eigenvalue weighted by atomic mass is 9.90. The van der Waals surface area contributed by atoms with Crippen LogP contribution in [-0.4, -0.2) is 32.6 Å². The van der Waals surface area contributed by atoms with Crippen molar-refractivity contribution >= 4 is 12.3 Å². The molecule has 0 N–H and O–H groups in total. The van der Waals surface area contributed by atoms with Crippen LogP contribution in [0.5, 0.6) is 17.2 Å².